The van der Waals surface area contributed by atoms with Crippen LogP contribution in [0.3, 0.4) is 0 Å². The van der Waals surface area contributed by atoms with Gasteiger partial charge in [0.2, 0.25) is 5.82 Å². The number of hydrogen-bond donors (Lipinski definition) is 0. The van der Waals surface area contributed by atoms with E-state index >= 15 is 0 Å². The van der Waals surface area contributed by atoms with Gasteiger partial charge in [-0.05, 0) is 55.0 Å². The van der Waals surface area contributed by atoms with Crippen LogP contribution < -0.4 is 5.56 Å². The second kappa shape index (κ2) is 6.86. The van der Waals surface area contributed by atoms with Crippen molar-refractivity contribution >= 4 is 44.0 Å². The standard InChI is InChI=1S/C22H14BrN3O3/c1-13-8-9-28-20(13)12-24-26-21(25-17-5-3-2-4-16(17)22(26)27)19-11-14-10-15(23)6-7-18(14)29-19/h2-12H,1H3. The number of hydrogen-bond acceptors (Lipinski definition) is 5. The molecule has 0 atom stereocenters. The van der Waals surface area contributed by atoms with Gasteiger partial charge >= 0.3 is 0 Å². The molecule has 3 aromatic heterocycles. The first-order valence-corrected chi connectivity index (χ1v) is 9.69. The number of nitrogens with zero attached hydrogens (tertiary/aromatic N) is 3. The van der Waals surface area contributed by atoms with Crippen molar-refractivity contribution in [2.45, 2.75) is 6.92 Å². The van der Waals surface area contributed by atoms with Crippen LogP contribution in [-0.2, 0) is 0 Å². The molecular weight excluding hydrogens is 434 g/mol. The third-order valence-corrected chi connectivity index (χ3v) is 5.14. The maximum absolute atomic E-state index is 13.2. The Morgan fingerprint density at radius 2 is 2.00 bits per heavy atom. The molecule has 0 amide bonds. The average molecular weight is 448 g/mol. The highest BCUT2D eigenvalue weighted by atomic mass is 79.9. The highest BCUT2D eigenvalue weighted by Gasteiger charge is 2.16. The largest absolute Gasteiger partial charge is 0.463 e. The summed E-state index contributed by atoms with van der Waals surface area (Å²) in [5.41, 5.74) is 1.91. The Balaban J connectivity index is 1.77. The predicted octanol–water partition coefficient (Wildman–Crippen LogP) is 5.36. The monoisotopic (exact) mass is 447 g/mol. The number of aromatic nitrogens is 2. The molecule has 0 bridgehead atoms. The zero-order valence-corrected chi connectivity index (χ0v) is 16.9. The molecule has 6 nitrogen and oxygen atoms in total. The summed E-state index contributed by atoms with van der Waals surface area (Å²) in [5.74, 6) is 1.35. The Hall–Kier alpha value is -3.45. The van der Waals surface area contributed by atoms with E-state index in [9.17, 15) is 4.79 Å². The van der Waals surface area contributed by atoms with E-state index in [1.165, 1.54) is 10.9 Å². The molecule has 0 aliphatic carbocycles. The summed E-state index contributed by atoms with van der Waals surface area (Å²) in [6.07, 6.45) is 3.09. The smallest absolute Gasteiger partial charge is 0.282 e. The molecule has 7 heteroatoms. The molecule has 0 radical (unpaired) electrons. The second-order valence-electron chi connectivity index (χ2n) is 6.57. The molecule has 5 aromatic rings. The van der Waals surface area contributed by atoms with Crippen LogP contribution >= 0.6 is 15.9 Å². The van der Waals surface area contributed by atoms with Gasteiger partial charge in [0, 0.05) is 9.86 Å². The Bertz CT molecular complexity index is 1460. The van der Waals surface area contributed by atoms with Gasteiger partial charge in [0.05, 0.1) is 23.4 Å². The van der Waals surface area contributed by atoms with Crippen molar-refractivity contribution in [1.82, 2.24) is 9.66 Å². The van der Waals surface area contributed by atoms with Crippen molar-refractivity contribution in [3.05, 3.63) is 87.0 Å². The maximum atomic E-state index is 13.2. The molecule has 0 aliphatic heterocycles. The normalized spacial score (nSPS) is 11.8. The zero-order chi connectivity index (χ0) is 20.0. The van der Waals surface area contributed by atoms with Gasteiger partial charge in [-0.3, -0.25) is 4.79 Å². The molecule has 0 spiro atoms. The molecule has 5 rings (SSSR count). The third kappa shape index (κ3) is 3.09. The minimum absolute atomic E-state index is 0.285. The Labute approximate surface area is 173 Å². The van der Waals surface area contributed by atoms with E-state index in [0.717, 1.165) is 15.4 Å². The molecule has 0 unspecified atom stereocenters. The highest BCUT2D eigenvalue weighted by Crippen LogP contribution is 2.29. The molecule has 0 aliphatic rings. The quantitative estimate of drug-likeness (QED) is 0.349. The lowest BCUT2D eigenvalue weighted by molar-refractivity contribution is 0.557. The molecule has 0 N–H and O–H groups in total. The van der Waals surface area contributed by atoms with Gasteiger partial charge in [0.15, 0.2) is 5.76 Å². The van der Waals surface area contributed by atoms with Crippen molar-refractivity contribution in [1.29, 1.82) is 0 Å². The van der Waals surface area contributed by atoms with Crippen molar-refractivity contribution in [3.8, 4) is 11.6 Å². The van der Waals surface area contributed by atoms with Gasteiger partial charge in [-0.2, -0.15) is 9.78 Å². The number of rotatable bonds is 3. The lowest BCUT2D eigenvalue weighted by Gasteiger charge is -2.06. The van der Waals surface area contributed by atoms with Crippen molar-refractivity contribution in [2.75, 3.05) is 0 Å². The van der Waals surface area contributed by atoms with Gasteiger partial charge in [0.25, 0.3) is 5.56 Å². The maximum Gasteiger partial charge on any atom is 0.282 e. The fourth-order valence-electron chi connectivity index (χ4n) is 3.14. The van der Waals surface area contributed by atoms with E-state index in [-0.39, 0.29) is 5.56 Å². The first-order chi connectivity index (χ1) is 14.1. The van der Waals surface area contributed by atoms with E-state index in [2.05, 4.69) is 26.0 Å². The van der Waals surface area contributed by atoms with Crippen LogP contribution in [0.2, 0.25) is 0 Å². The molecule has 3 heterocycles. The summed E-state index contributed by atoms with van der Waals surface area (Å²) in [4.78, 5) is 17.8. The lowest BCUT2D eigenvalue weighted by atomic mass is 10.2. The Morgan fingerprint density at radius 1 is 1.14 bits per heavy atom. The molecule has 142 valence electrons. The predicted molar refractivity (Wildman–Crippen MR) is 115 cm³/mol. The number of para-hydroxylation sites is 1. The first-order valence-electron chi connectivity index (χ1n) is 8.90. The SMILES string of the molecule is Cc1ccoc1C=Nn1c(-c2cc3cc(Br)ccc3o2)nc2ccccc2c1=O. The van der Waals surface area contributed by atoms with Crippen molar-refractivity contribution in [3.63, 3.8) is 0 Å². The summed E-state index contributed by atoms with van der Waals surface area (Å²) >= 11 is 3.46. The minimum Gasteiger partial charge on any atom is -0.463 e. The third-order valence-electron chi connectivity index (χ3n) is 4.64. The first kappa shape index (κ1) is 17.6. The number of benzene rings is 2. The fraction of sp³-hybridized carbons (Fsp3) is 0.0455. The molecule has 29 heavy (non-hydrogen) atoms. The van der Waals surface area contributed by atoms with Gasteiger partial charge in [-0.25, -0.2) is 4.98 Å². The molecular formula is C22H14BrN3O3. The summed E-state index contributed by atoms with van der Waals surface area (Å²) in [6, 6.07) is 16.6. The van der Waals surface area contributed by atoms with Crippen LogP contribution in [0.4, 0.5) is 0 Å². The second-order valence-corrected chi connectivity index (χ2v) is 7.49. The van der Waals surface area contributed by atoms with Crippen molar-refractivity contribution in [2.24, 2.45) is 5.10 Å². The molecule has 2 aromatic carbocycles. The fourth-order valence-corrected chi connectivity index (χ4v) is 3.52. The van der Waals surface area contributed by atoms with Gasteiger partial charge in [0.1, 0.15) is 11.3 Å². The summed E-state index contributed by atoms with van der Waals surface area (Å²) < 4.78 is 13.6. The molecule has 0 saturated heterocycles. The summed E-state index contributed by atoms with van der Waals surface area (Å²) in [5, 5.41) is 5.75. The number of halogens is 1. The Kier molecular flexibility index (Phi) is 4.17. The van der Waals surface area contributed by atoms with Crippen LogP contribution in [0, 0.1) is 6.92 Å². The Morgan fingerprint density at radius 3 is 2.83 bits per heavy atom. The lowest BCUT2D eigenvalue weighted by Crippen LogP contribution is -2.20. The molecule has 0 fully saturated rings. The van der Waals surface area contributed by atoms with Gasteiger partial charge in [-0.15, -0.1) is 0 Å². The average Bonchev–Trinajstić information content (AvgIpc) is 3.32. The van der Waals surface area contributed by atoms with Gasteiger partial charge < -0.3 is 8.83 Å². The highest BCUT2D eigenvalue weighted by molar-refractivity contribution is 9.10. The van der Waals surface area contributed by atoms with Crippen LogP contribution in [-0.4, -0.2) is 15.9 Å². The summed E-state index contributed by atoms with van der Waals surface area (Å²) in [7, 11) is 0. The van der Waals surface area contributed by atoms with E-state index in [0.29, 0.717) is 33.8 Å². The summed E-state index contributed by atoms with van der Waals surface area (Å²) in [6.45, 7) is 1.91. The van der Waals surface area contributed by atoms with Gasteiger partial charge in [-0.1, -0.05) is 28.1 Å². The molecule has 0 saturated carbocycles. The van der Waals surface area contributed by atoms with Crippen LogP contribution in [0.1, 0.15) is 11.3 Å². The van der Waals surface area contributed by atoms with Crippen molar-refractivity contribution < 1.29 is 8.83 Å². The van der Waals surface area contributed by atoms with Crippen LogP contribution in [0.25, 0.3) is 33.5 Å². The number of fused-ring (bicyclic) bond motifs is 2. The van der Waals surface area contributed by atoms with Crippen LogP contribution in [0.5, 0.6) is 0 Å². The zero-order valence-electron chi connectivity index (χ0n) is 15.3. The van der Waals surface area contributed by atoms with E-state index in [1.54, 1.807) is 24.5 Å². The van der Waals surface area contributed by atoms with E-state index < -0.39 is 0 Å². The number of furan rings is 2. The van der Waals surface area contributed by atoms with Crippen LogP contribution in [0.15, 0.2) is 84.1 Å². The van der Waals surface area contributed by atoms with E-state index in [4.69, 9.17) is 8.83 Å². The topological polar surface area (TPSA) is 73.5 Å². The van der Waals surface area contributed by atoms with E-state index in [1.807, 2.05) is 43.3 Å². The minimum atomic E-state index is -0.285. The number of aryl methyl sites for hydroxylation is 1.